The Balaban J connectivity index is 0.000000182. The zero-order valence-corrected chi connectivity index (χ0v) is 62.6. The smallest absolute Gasteiger partial charge is 0.432 e. The Morgan fingerprint density at radius 1 is 0.474 bits per heavy atom. The van der Waals surface area contributed by atoms with Crippen LogP contribution in [-0.4, -0.2) is 67.9 Å². The summed E-state index contributed by atoms with van der Waals surface area (Å²) in [4.78, 5) is 12.4. The molecule has 21 heteroatoms. The van der Waals surface area contributed by atoms with E-state index in [0.29, 0.717) is 37.0 Å². The van der Waals surface area contributed by atoms with Crippen molar-refractivity contribution in [3.05, 3.63) is 122 Å². The molecule has 4 aromatic rings. The zero-order valence-electron chi connectivity index (χ0n) is 56.7. The monoisotopic (exact) mass is 1600 g/mol. The lowest BCUT2D eigenvalue weighted by Crippen LogP contribution is -3.61. The fourth-order valence-corrected chi connectivity index (χ4v) is 20.9. The maximum absolute atomic E-state index is 13.5. The van der Waals surface area contributed by atoms with E-state index in [0.717, 1.165) is 76.1 Å². The largest absolute Gasteiger partial charge is 0.743 e. The van der Waals surface area contributed by atoms with Gasteiger partial charge in [-0.05, 0) is 226 Å². The van der Waals surface area contributed by atoms with Crippen LogP contribution in [0.3, 0.4) is 0 Å². The highest BCUT2D eigenvalue weighted by molar-refractivity contribution is 7.87. The number of alkyl halides is 7. The number of carbonyl (C=O) groups is 1. The van der Waals surface area contributed by atoms with Crippen molar-refractivity contribution < 1.29 is 118 Å². The highest BCUT2D eigenvalue weighted by Crippen LogP contribution is 2.64. The molecule has 532 valence electrons. The predicted octanol–water partition coefficient (Wildman–Crippen LogP) is 13.2. The van der Waals surface area contributed by atoms with Gasteiger partial charge in [0.15, 0.2) is 34.5 Å². The molecule has 10 nitrogen and oxygen atoms in total. The molecule has 0 radical (unpaired) electrons. The third-order valence-corrected chi connectivity index (χ3v) is 26.9. The molecule has 4 aromatic carbocycles. The van der Waals surface area contributed by atoms with Crippen LogP contribution >= 0.6 is 0 Å². The molecule has 0 aliphatic heterocycles. The highest BCUT2D eigenvalue weighted by atomic mass is 127. The van der Waals surface area contributed by atoms with Crippen LogP contribution in [0.15, 0.2) is 97.1 Å². The number of hydrogen-bond donors (Lipinski definition) is 0. The summed E-state index contributed by atoms with van der Waals surface area (Å²) in [6, 6.07) is 35.8. The fourth-order valence-electron chi connectivity index (χ4n) is 15.7. The summed E-state index contributed by atoms with van der Waals surface area (Å²) in [6.45, 7) is 19.8. The summed E-state index contributed by atoms with van der Waals surface area (Å²) >= 11 is -0.230. The fraction of sp³-hybridized carbons (Fsp3) is 0.662. The van der Waals surface area contributed by atoms with Crippen LogP contribution in [0.5, 0.6) is 11.5 Å². The molecule has 0 saturated heterocycles. The Labute approximate surface area is 583 Å². The molecule has 12 rings (SSSR count). The number of benzene rings is 4. The Kier molecular flexibility index (Phi) is 28.2. The Hall–Kier alpha value is -3.26. The third kappa shape index (κ3) is 23.4. The lowest BCUT2D eigenvalue weighted by molar-refractivity contribution is -0.597. The molecule has 0 aromatic heterocycles. The standard InChI is InChI=1S/C28H42IO2.C20H26I.C14H17F5O5S.C12H18F2O3S/c1-3-5-7-9-11-13-23-30-27-19-15-25(16-20-27)29-26-17-21-28(22-18-26)31-24-14-12-10-8-6-4-2;1-19(2,3)15-7-11-17(12-8-15)21-18-13-9-16(10-14-18)20(4,5)6;15-13(16,17)10(14(18,19)25(21,22)23)24-11(20)12-4-7-1-8(5-12)3-9(2-7)6-12;13-12(14,18(15,16)17)7-11-4-8-1-9(5-11)3-10(2-8)6-11/h15-22H,3-14,23-24H2,1-2H3;7-14H,1-6H3;7-10H,1-6H2,(H,21,22,23);8-10H,1-7H2,(H,15,16,17)/q2*+1;;/p-2. The van der Waals surface area contributed by atoms with Crippen LogP contribution in [-0.2, 0) is 40.6 Å². The second kappa shape index (κ2) is 33.9. The second-order valence-corrected chi connectivity index (χ2v) is 39.1. The van der Waals surface area contributed by atoms with Gasteiger partial charge in [0.1, 0.15) is 11.5 Å². The molecule has 1 unspecified atom stereocenters. The second-order valence-electron chi connectivity index (χ2n) is 30.1. The number of esters is 1. The van der Waals surface area contributed by atoms with E-state index in [1.54, 1.807) is 0 Å². The van der Waals surface area contributed by atoms with Crippen LogP contribution < -0.4 is 51.9 Å². The van der Waals surface area contributed by atoms with Gasteiger partial charge in [-0.1, -0.05) is 144 Å². The molecule has 0 spiro atoms. The first kappa shape index (κ1) is 79.1. The minimum absolute atomic E-state index is 0.0703. The lowest BCUT2D eigenvalue weighted by atomic mass is 9.49. The topological polar surface area (TPSA) is 159 Å². The molecule has 8 aliphatic rings. The van der Waals surface area contributed by atoms with Gasteiger partial charge in [-0.2, -0.15) is 30.7 Å². The van der Waals surface area contributed by atoms with Crippen LogP contribution in [0, 0.1) is 60.6 Å². The van der Waals surface area contributed by atoms with Gasteiger partial charge in [-0.15, -0.1) is 0 Å². The van der Waals surface area contributed by atoms with E-state index in [4.69, 9.17) is 9.47 Å². The van der Waals surface area contributed by atoms with Gasteiger partial charge in [0.05, 0.1) is 18.6 Å². The number of unbranched alkanes of at least 4 members (excludes halogenated alkanes) is 10. The van der Waals surface area contributed by atoms with Crippen molar-refractivity contribution in [3.63, 3.8) is 0 Å². The Morgan fingerprint density at radius 2 is 0.779 bits per heavy atom. The number of carbonyl (C=O) groups excluding carboxylic acids is 1. The van der Waals surface area contributed by atoms with Gasteiger partial charge >= 0.3 is 65.1 Å². The first-order valence-corrected chi connectivity index (χ1v) is 41.5. The van der Waals surface area contributed by atoms with E-state index < -0.39 is 66.2 Å². The van der Waals surface area contributed by atoms with Crippen molar-refractivity contribution in [2.75, 3.05) is 13.2 Å². The Morgan fingerprint density at radius 3 is 1.07 bits per heavy atom. The number of ether oxygens (including phenoxy) is 3. The van der Waals surface area contributed by atoms with Crippen LogP contribution in [0.4, 0.5) is 30.7 Å². The average molecular weight is 1600 g/mol. The normalized spacial score (nSPS) is 24.1. The quantitative estimate of drug-likeness (QED) is 0.0185. The third-order valence-electron chi connectivity index (χ3n) is 19.8. The van der Waals surface area contributed by atoms with Crippen LogP contribution in [0.1, 0.15) is 227 Å². The Bertz CT molecular complexity index is 3080. The number of rotatable bonds is 27. The van der Waals surface area contributed by atoms with Crippen LogP contribution in [0.25, 0.3) is 0 Å². The molecule has 1 atom stereocenters. The van der Waals surface area contributed by atoms with Crippen molar-refractivity contribution in [1.82, 2.24) is 0 Å². The average Bonchev–Trinajstić information content (AvgIpc) is 0.753. The zero-order chi connectivity index (χ0) is 69.7. The SMILES string of the molecule is CC(C)(C)c1ccc([I+]c2ccc(C(C)(C)C)cc2)cc1.CCCCCCCCOc1ccc([I+]c2ccc(OCCCCCCCC)cc2)cc1.O=C(OC(C(F)(F)F)C(F)(F)S(=O)(=O)[O-])C12CC3CC(CC(C3)C1)C2.O=S(=O)([O-])C(F)(F)CC12CC3CC(CC(C3)C1)C2. The van der Waals surface area contributed by atoms with Crippen molar-refractivity contribution in [1.29, 1.82) is 0 Å². The molecule has 0 amide bonds. The molecule has 0 heterocycles. The van der Waals surface area contributed by atoms with E-state index in [1.165, 1.54) is 89.6 Å². The van der Waals surface area contributed by atoms with E-state index in [-0.39, 0.29) is 90.3 Å². The van der Waals surface area contributed by atoms with E-state index >= 15 is 0 Å². The molecule has 8 saturated carbocycles. The summed E-state index contributed by atoms with van der Waals surface area (Å²) in [5, 5.41) is -9.89. The first-order valence-electron chi connectivity index (χ1n) is 34.3. The summed E-state index contributed by atoms with van der Waals surface area (Å²) < 4.78 is 178. The molecular formula is C74H101F7I2O10S2. The predicted molar refractivity (Wildman–Crippen MR) is 347 cm³/mol. The summed E-state index contributed by atoms with van der Waals surface area (Å²) in [5.41, 5.74) is 1.43. The molecule has 8 aliphatic carbocycles. The summed E-state index contributed by atoms with van der Waals surface area (Å²) in [5.74, 6) is 2.34. The summed E-state index contributed by atoms with van der Waals surface area (Å²) in [7, 11) is -12.2. The highest BCUT2D eigenvalue weighted by Gasteiger charge is 2.65. The van der Waals surface area contributed by atoms with Crippen molar-refractivity contribution in [2.24, 2.45) is 46.3 Å². The number of halogens is 9. The minimum Gasteiger partial charge on any atom is -0.743 e. The number of hydrogen-bond acceptors (Lipinski definition) is 10. The lowest BCUT2D eigenvalue weighted by Gasteiger charge is -2.57. The maximum atomic E-state index is 13.5. The van der Waals surface area contributed by atoms with Gasteiger partial charge in [-0.25, -0.2) is 16.8 Å². The van der Waals surface area contributed by atoms with Crippen LogP contribution in [0.2, 0.25) is 0 Å². The van der Waals surface area contributed by atoms with Crippen molar-refractivity contribution in [3.8, 4) is 11.5 Å². The van der Waals surface area contributed by atoms with Gasteiger partial charge in [0, 0.05) is 6.42 Å². The molecule has 8 fully saturated rings. The van der Waals surface area contributed by atoms with E-state index in [1.807, 2.05) is 0 Å². The van der Waals surface area contributed by atoms with Gasteiger partial charge in [-0.3, -0.25) is 4.79 Å². The van der Waals surface area contributed by atoms with E-state index in [9.17, 15) is 61.5 Å². The molecule has 0 N–H and O–H groups in total. The maximum Gasteiger partial charge on any atom is 0.432 e. The van der Waals surface area contributed by atoms with Crippen molar-refractivity contribution >= 4 is 26.2 Å². The minimum atomic E-state index is -6.67. The molecule has 8 bridgehead atoms. The van der Waals surface area contributed by atoms with Gasteiger partial charge in [0.25, 0.3) is 6.10 Å². The van der Waals surface area contributed by atoms with E-state index in [2.05, 4.69) is 157 Å². The van der Waals surface area contributed by atoms with Gasteiger partial charge < -0.3 is 23.3 Å². The first-order chi connectivity index (χ1) is 44.4. The van der Waals surface area contributed by atoms with Crippen molar-refractivity contribution in [2.45, 2.75) is 250 Å². The molecular weight excluding hydrogens is 1500 g/mol. The molecule has 95 heavy (non-hydrogen) atoms. The summed E-state index contributed by atoms with van der Waals surface area (Å²) in [6.07, 6.45) is 13.3. The van der Waals surface area contributed by atoms with Gasteiger partial charge in [0.2, 0.25) is 0 Å².